The van der Waals surface area contributed by atoms with E-state index in [0.29, 0.717) is 11.5 Å². The van der Waals surface area contributed by atoms with Crippen LogP contribution in [0.15, 0.2) is 18.3 Å². The Morgan fingerprint density at radius 1 is 1.53 bits per heavy atom. The van der Waals surface area contributed by atoms with E-state index in [1.54, 1.807) is 11.0 Å². The van der Waals surface area contributed by atoms with E-state index in [4.69, 9.17) is 5.11 Å². The molecule has 1 atom stereocenters. The van der Waals surface area contributed by atoms with Gasteiger partial charge in [-0.15, -0.1) is 0 Å². The Morgan fingerprint density at radius 3 is 3.00 bits per heavy atom. The van der Waals surface area contributed by atoms with Crippen molar-refractivity contribution in [3.63, 3.8) is 0 Å². The van der Waals surface area contributed by atoms with Gasteiger partial charge < -0.3 is 10.0 Å². The van der Waals surface area contributed by atoms with Gasteiger partial charge >= 0.3 is 5.97 Å². The summed E-state index contributed by atoms with van der Waals surface area (Å²) in [4.78, 5) is 28.7. The highest BCUT2D eigenvalue weighted by Gasteiger charge is 2.26. The zero-order chi connectivity index (χ0) is 13.8. The molecule has 0 saturated carbocycles. The summed E-state index contributed by atoms with van der Waals surface area (Å²) in [5.41, 5.74) is 0.319. The van der Waals surface area contributed by atoms with Crippen molar-refractivity contribution in [2.45, 2.75) is 26.2 Å². The Kier molecular flexibility index (Phi) is 4.14. The second kappa shape index (κ2) is 5.82. The number of aromatic nitrogens is 1. The number of hydrogen-bond donors (Lipinski definition) is 1. The van der Waals surface area contributed by atoms with E-state index in [1.165, 1.54) is 12.3 Å². The molecule has 19 heavy (non-hydrogen) atoms. The fourth-order valence-electron chi connectivity index (χ4n) is 2.52. The highest BCUT2D eigenvalue weighted by Crippen LogP contribution is 2.22. The fourth-order valence-corrected chi connectivity index (χ4v) is 2.52. The number of hydrogen-bond acceptors (Lipinski definition) is 3. The standard InChI is InChI=1S/C14H18N2O3/c1-2-3-10-5-7-16(9-10)13(17)11-4-6-15-12(8-11)14(18)19/h4,6,8,10H,2-3,5,7,9H2,1H3,(H,18,19). The third kappa shape index (κ3) is 3.10. The Labute approximate surface area is 112 Å². The molecule has 1 aromatic heterocycles. The van der Waals surface area contributed by atoms with Crippen LogP contribution >= 0.6 is 0 Å². The van der Waals surface area contributed by atoms with E-state index in [-0.39, 0.29) is 11.6 Å². The summed E-state index contributed by atoms with van der Waals surface area (Å²) in [6.07, 6.45) is 4.68. The lowest BCUT2D eigenvalue weighted by atomic mass is 10.0. The third-order valence-corrected chi connectivity index (χ3v) is 3.50. The average molecular weight is 262 g/mol. The van der Waals surface area contributed by atoms with E-state index < -0.39 is 5.97 Å². The van der Waals surface area contributed by atoms with Gasteiger partial charge in [0, 0.05) is 24.8 Å². The number of carboxylic acid groups (broad SMARTS) is 1. The highest BCUT2D eigenvalue weighted by molar-refractivity contribution is 5.96. The molecule has 5 heteroatoms. The first-order valence-electron chi connectivity index (χ1n) is 6.60. The van der Waals surface area contributed by atoms with Crippen molar-refractivity contribution in [3.8, 4) is 0 Å². The van der Waals surface area contributed by atoms with Crippen LogP contribution in [0.25, 0.3) is 0 Å². The van der Waals surface area contributed by atoms with Crippen molar-refractivity contribution in [2.75, 3.05) is 13.1 Å². The Bertz CT molecular complexity index is 487. The first-order chi connectivity index (χ1) is 9.11. The normalized spacial score (nSPS) is 18.6. The summed E-state index contributed by atoms with van der Waals surface area (Å²) in [5.74, 6) is -0.627. The highest BCUT2D eigenvalue weighted by atomic mass is 16.4. The number of likely N-dealkylation sites (tertiary alicyclic amines) is 1. The van der Waals surface area contributed by atoms with E-state index in [1.807, 2.05) is 0 Å². The minimum Gasteiger partial charge on any atom is -0.477 e. The minimum atomic E-state index is -1.11. The topological polar surface area (TPSA) is 70.5 Å². The molecule has 0 bridgehead atoms. The number of carbonyl (C=O) groups is 2. The summed E-state index contributed by atoms with van der Waals surface area (Å²) in [5, 5.41) is 8.88. The molecule has 5 nitrogen and oxygen atoms in total. The van der Waals surface area contributed by atoms with Crippen LogP contribution < -0.4 is 0 Å². The summed E-state index contributed by atoms with van der Waals surface area (Å²) in [7, 11) is 0. The van der Waals surface area contributed by atoms with Crippen LogP contribution in [0, 0.1) is 5.92 Å². The van der Waals surface area contributed by atoms with Crippen LogP contribution in [0.1, 0.15) is 47.0 Å². The summed E-state index contributed by atoms with van der Waals surface area (Å²) in [6.45, 7) is 3.68. The Balaban J connectivity index is 2.08. The maximum atomic E-state index is 12.3. The molecule has 1 aromatic rings. The lowest BCUT2D eigenvalue weighted by molar-refractivity contribution is 0.0690. The van der Waals surface area contributed by atoms with Gasteiger partial charge in [0.1, 0.15) is 5.69 Å². The summed E-state index contributed by atoms with van der Waals surface area (Å²) < 4.78 is 0. The molecule has 1 amide bonds. The van der Waals surface area contributed by atoms with Gasteiger partial charge in [0.2, 0.25) is 0 Å². The largest absolute Gasteiger partial charge is 0.477 e. The van der Waals surface area contributed by atoms with Crippen LogP contribution in [-0.2, 0) is 0 Å². The molecule has 2 rings (SSSR count). The van der Waals surface area contributed by atoms with Gasteiger partial charge in [-0.2, -0.15) is 0 Å². The number of carbonyl (C=O) groups excluding carboxylic acids is 1. The Hall–Kier alpha value is -1.91. The number of nitrogens with zero attached hydrogens (tertiary/aromatic N) is 2. The van der Waals surface area contributed by atoms with Crippen molar-refractivity contribution in [1.82, 2.24) is 9.88 Å². The number of amides is 1. The third-order valence-electron chi connectivity index (χ3n) is 3.50. The molecule has 0 aromatic carbocycles. The molecule has 1 aliphatic heterocycles. The van der Waals surface area contributed by atoms with Gasteiger partial charge in [-0.05, 0) is 30.9 Å². The van der Waals surface area contributed by atoms with Gasteiger partial charge in [0.05, 0.1) is 0 Å². The van der Waals surface area contributed by atoms with Gasteiger partial charge in [-0.25, -0.2) is 9.78 Å². The summed E-state index contributed by atoms with van der Waals surface area (Å²) >= 11 is 0. The first kappa shape index (κ1) is 13.5. The molecule has 1 N–H and O–H groups in total. The van der Waals surface area contributed by atoms with Crippen molar-refractivity contribution in [2.24, 2.45) is 5.92 Å². The van der Waals surface area contributed by atoms with Crippen LogP contribution in [-0.4, -0.2) is 40.0 Å². The monoisotopic (exact) mass is 262 g/mol. The second-order valence-corrected chi connectivity index (χ2v) is 4.93. The SMILES string of the molecule is CCCC1CCN(C(=O)c2ccnc(C(=O)O)c2)C1. The van der Waals surface area contributed by atoms with E-state index in [2.05, 4.69) is 11.9 Å². The van der Waals surface area contributed by atoms with Crippen molar-refractivity contribution >= 4 is 11.9 Å². The predicted molar refractivity (Wildman–Crippen MR) is 70.1 cm³/mol. The number of rotatable bonds is 4. The van der Waals surface area contributed by atoms with Crippen LogP contribution in [0.5, 0.6) is 0 Å². The number of aromatic carboxylic acids is 1. The van der Waals surface area contributed by atoms with E-state index in [9.17, 15) is 9.59 Å². The first-order valence-corrected chi connectivity index (χ1v) is 6.60. The van der Waals surface area contributed by atoms with Crippen molar-refractivity contribution in [1.29, 1.82) is 0 Å². The summed E-state index contributed by atoms with van der Waals surface area (Å²) in [6, 6.07) is 2.92. The molecular weight excluding hydrogens is 244 g/mol. The number of carboxylic acids is 1. The Morgan fingerprint density at radius 2 is 2.32 bits per heavy atom. The molecule has 1 saturated heterocycles. The molecular formula is C14H18N2O3. The molecule has 0 radical (unpaired) electrons. The van der Waals surface area contributed by atoms with Crippen molar-refractivity contribution < 1.29 is 14.7 Å². The van der Waals surface area contributed by atoms with Gasteiger partial charge in [-0.1, -0.05) is 13.3 Å². The lowest BCUT2D eigenvalue weighted by Crippen LogP contribution is -2.29. The number of pyridine rings is 1. The molecule has 1 unspecified atom stereocenters. The zero-order valence-corrected chi connectivity index (χ0v) is 11.0. The zero-order valence-electron chi connectivity index (χ0n) is 11.0. The van der Waals surface area contributed by atoms with Crippen molar-refractivity contribution in [3.05, 3.63) is 29.6 Å². The molecule has 1 fully saturated rings. The minimum absolute atomic E-state index is 0.0878. The predicted octanol–water partition coefficient (Wildman–Crippen LogP) is 2.04. The molecule has 0 spiro atoms. The van der Waals surface area contributed by atoms with Crippen LogP contribution in [0.2, 0.25) is 0 Å². The quantitative estimate of drug-likeness (QED) is 0.901. The maximum absolute atomic E-state index is 12.3. The van der Waals surface area contributed by atoms with Gasteiger partial charge in [0.25, 0.3) is 5.91 Å². The van der Waals surface area contributed by atoms with Gasteiger partial charge in [0.15, 0.2) is 0 Å². The second-order valence-electron chi connectivity index (χ2n) is 4.93. The lowest BCUT2D eigenvalue weighted by Gasteiger charge is -2.16. The smallest absolute Gasteiger partial charge is 0.354 e. The van der Waals surface area contributed by atoms with E-state index >= 15 is 0 Å². The van der Waals surface area contributed by atoms with Crippen LogP contribution in [0.3, 0.4) is 0 Å². The molecule has 1 aliphatic rings. The van der Waals surface area contributed by atoms with Crippen LogP contribution in [0.4, 0.5) is 0 Å². The fraction of sp³-hybridized carbons (Fsp3) is 0.500. The average Bonchev–Trinajstić information content (AvgIpc) is 2.87. The van der Waals surface area contributed by atoms with E-state index in [0.717, 1.165) is 32.4 Å². The molecule has 102 valence electrons. The van der Waals surface area contributed by atoms with Gasteiger partial charge in [-0.3, -0.25) is 4.79 Å². The molecule has 0 aliphatic carbocycles. The maximum Gasteiger partial charge on any atom is 0.354 e. The molecule has 2 heterocycles.